The predicted octanol–water partition coefficient (Wildman–Crippen LogP) is -0.310. The zero-order valence-electron chi connectivity index (χ0n) is 15.5. The van der Waals surface area contributed by atoms with Crippen LogP contribution in [0, 0.1) is 5.41 Å². The topological polar surface area (TPSA) is 136 Å². The van der Waals surface area contributed by atoms with Gasteiger partial charge < -0.3 is 21.7 Å². The van der Waals surface area contributed by atoms with Gasteiger partial charge in [0.1, 0.15) is 6.04 Å². The number of primary amides is 1. The Morgan fingerprint density at radius 1 is 1.24 bits per heavy atom. The van der Waals surface area contributed by atoms with E-state index < -0.39 is 41.1 Å². The summed E-state index contributed by atoms with van der Waals surface area (Å²) in [5.74, 6) is -2.62. The number of nitrogens with two attached hydrogens (primary N) is 2. The van der Waals surface area contributed by atoms with Crippen LogP contribution in [-0.2, 0) is 19.2 Å². The Kier molecular flexibility index (Phi) is 7.10. The third kappa shape index (κ3) is 5.26. The van der Waals surface area contributed by atoms with Gasteiger partial charge in [0.2, 0.25) is 17.6 Å². The number of nitrogens with one attached hydrogen (secondary N) is 1. The standard InChI is InChI=1S/C17H30N4O4/c1-5-7-10(12(22)14(19)23)20-15(24)11-8-6-9-21(11)16(25)13(18)17(2,3)4/h10-11,13H,5-9,18H2,1-4H3,(H2,19,23)(H,20,24)/t10?,11-,13+/m0/s1. The first kappa shape index (κ1) is 21.1. The summed E-state index contributed by atoms with van der Waals surface area (Å²) in [6.45, 7) is 7.88. The zero-order chi connectivity index (χ0) is 19.4. The molecule has 3 atom stereocenters. The van der Waals surface area contributed by atoms with Crippen LogP contribution in [0.4, 0.5) is 0 Å². The lowest BCUT2D eigenvalue weighted by Crippen LogP contribution is -2.57. The van der Waals surface area contributed by atoms with Gasteiger partial charge in [0, 0.05) is 6.54 Å². The summed E-state index contributed by atoms with van der Waals surface area (Å²) in [5.41, 5.74) is 10.7. The maximum absolute atomic E-state index is 12.6. The molecule has 0 bridgehead atoms. The van der Waals surface area contributed by atoms with Gasteiger partial charge in [-0.1, -0.05) is 34.1 Å². The molecule has 0 aromatic rings. The molecule has 5 N–H and O–H groups in total. The Labute approximate surface area is 148 Å². The number of ketones is 1. The molecule has 8 heteroatoms. The number of rotatable bonds is 7. The van der Waals surface area contributed by atoms with E-state index in [4.69, 9.17) is 11.5 Å². The molecule has 3 amide bonds. The third-order valence-electron chi connectivity index (χ3n) is 4.49. The summed E-state index contributed by atoms with van der Waals surface area (Å²) in [6, 6.07) is -2.36. The van der Waals surface area contributed by atoms with E-state index in [0.29, 0.717) is 32.2 Å². The highest BCUT2D eigenvalue weighted by Crippen LogP contribution is 2.24. The van der Waals surface area contributed by atoms with E-state index in [0.717, 1.165) is 0 Å². The van der Waals surface area contributed by atoms with Crippen molar-refractivity contribution in [2.45, 2.75) is 71.5 Å². The van der Waals surface area contributed by atoms with Crippen molar-refractivity contribution in [3.05, 3.63) is 0 Å². The average Bonchev–Trinajstić information content (AvgIpc) is 3.00. The number of amides is 3. The second kappa shape index (κ2) is 8.42. The highest BCUT2D eigenvalue weighted by Gasteiger charge is 2.40. The summed E-state index contributed by atoms with van der Waals surface area (Å²) in [6.07, 6.45) is 2.10. The molecule has 1 fully saturated rings. The lowest BCUT2D eigenvalue weighted by Gasteiger charge is -2.33. The van der Waals surface area contributed by atoms with Crippen molar-refractivity contribution in [3.8, 4) is 0 Å². The molecule has 0 aliphatic carbocycles. The molecule has 1 rings (SSSR count). The fourth-order valence-electron chi connectivity index (χ4n) is 2.85. The van der Waals surface area contributed by atoms with Gasteiger partial charge in [0.25, 0.3) is 5.91 Å². The van der Waals surface area contributed by atoms with Crippen molar-refractivity contribution in [1.29, 1.82) is 0 Å². The van der Waals surface area contributed by atoms with Gasteiger partial charge in [0.15, 0.2) is 0 Å². The molecule has 0 aromatic heterocycles. The van der Waals surface area contributed by atoms with Gasteiger partial charge in [-0.3, -0.25) is 19.2 Å². The molecule has 25 heavy (non-hydrogen) atoms. The van der Waals surface area contributed by atoms with E-state index in [1.54, 1.807) is 0 Å². The van der Waals surface area contributed by atoms with Crippen LogP contribution < -0.4 is 16.8 Å². The Morgan fingerprint density at radius 2 is 1.84 bits per heavy atom. The van der Waals surface area contributed by atoms with Crippen molar-refractivity contribution in [2.75, 3.05) is 6.54 Å². The van der Waals surface area contributed by atoms with Crippen molar-refractivity contribution >= 4 is 23.5 Å². The molecule has 1 unspecified atom stereocenters. The van der Waals surface area contributed by atoms with Gasteiger partial charge >= 0.3 is 0 Å². The summed E-state index contributed by atoms with van der Waals surface area (Å²) >= 11 is 0. The number of Topliss-reactive ketones (excluding diaryl/α,β-unsaturated/α-hetero) is 1. The number of likely N-dealkylation sites (tertiary alicyclic amines) is 1. The van der Waals surface area contributed by atoms with E-state index in [1.807, 2.05) is 27.7 Å². The van der Waals surface area contributed by atoms with Crippen LogP contribution in [-0.4, -0.2) is 53.1 Å². The maximum Gasteiger partial charge on any atom is 0.287 e. The van der Waals surface area contributed by atoms with Crippen LogP contribution in [0.1, 0.15) is 53.4 Å². The average molecular weight is 354 g/mol. The molecular weight excluding hydrogens is 324 g/mol. The van der Waals surface area contributed by atoms with Crippen molar-refractivity contribution in [2.24, 2.45) is 16.9 Å². The van der Waals surface area contributed by atoms with Crippen LogP contribution in [0.3, 0.4) is 0 Å². The molecule has 0 aromatic carbocycles. The highest BCUT2D eigenvalue weighted by atomic mass is 16.2. The van der Waals surface area contributed by atoms with E-state index in [-0.39, 0.29) is 5.91 Å². The van der Waals surface area contributed by atoms with Crippen LogP contribution in [0.15, 0.2) is 0 Å². The van der Waals surface area contributed by atoms with Gasteiger partial charge in [-0.2, -0.15) is 0 Å². The van der Waals surface area contributed by atoms with Crippen LogP contribution in [0.25, 0.3) is 0 Å². The number of hydrogen-bond acceptors (Lipinski definition) is 5. The van der Waals surface area contributed by atoms with Crippen molar-refractivity contribution in [3.63, 3.8) is 0 Å². The quantitative estimate of drug-likeness (QED) is 0.539. The number of nitrogens with zero attached hydrogens (tertiary/aromatic N) is 1. The van der Waals surface area contributed by atoms with Crippen LogP contribution >= 0.6 is 0 Å². The number of hydrogen-bond donors (Lipinski definition) is 3. The molecule has 0 saturated carbocycles. The minimum Gasteiger partial charge on any atom is -0.363 e. The highest BCUT2D eigenvalue weighted by molar-refractivity contribution is 6.37. The van der Waals surface area contributed by atoms with E-state index in [9.17, 15) is 19.2 Å². The minimum atomic E-state index is -1.08. The molecule has 0 radical (unpaired) electrons. The SMILES string of the molecule is CCCC(NC(=O)[C@@H]1CCCN1C(=O)[C@@H](N)C(C)(C)C)C(=O)C(N)=O. The molecule has 0 spiro atoms. The normalized spacial score (nSPS) is 20.0. The molecule has 1 saturated heterocycles. The lowest BCUT2D eigenvalue weighted by atomic mass is 9.86. The first-order valence-corrected chi connectivity index (χ1v) is 8.70. The number of carbonyl (C=O) groups is 4. The van der Waals surface area contributed by atoms with Crippen molar-refractivity contribution < 1.29 is 19.2 Å². The third-order valence-corrected chi connectivity index (χ3v) is 4.49. The van der Waals surface area contributed by atoms with E-state index in [2.05, 4.69) is 5.32 Å². The summed E-state index contributed by atoms with van der Waals surface area (Å²) in [4.78, 5) is 49.7. The fourth-order valence-corrected chi connectivity index (χ4v) is 2.85. The lowest BCUT2D eigenvalue weighted by molar-refractivity contribution is -0.143. The van der Waals surface area contributed by atoms with Gasteiger partial charge in [0.05, 0.1) is 12.1 Å². The van der Waals surface area contributed by atoms with E-state index >= 15 is 0 Å². The Bertz CT molecular complexity index is 541. The zero-order valence-corrected chi connectivity index (χ0v) is 15.5. The summed E-state index contributed by atoms with van der Waals surface area (Å²) in [5, 5.41) is 2.58. The molecular formula is C17H30N4O4. The second-order valence-electron chi connectivity index (χ2n) is 7.61. The summed E-state index contributed by atoms with van der Waals surface area (Å²) in [7, 11) is 0. The largest absolute Gasteiger partial charge is 0.363 e. The molecule has 1 aliphatic rings. The van der Waals surface area contributed by atoms with Gasteiger partial charge in [-0.15, -0.1) is 0 Å². The summed E-state index contributed by atoms with van der Waals surface area (Å²) < 4.78 is 0. The number of carbonyl (C=O) groups excluding carboxylic acids is 4. The van der Waals surface area contributed by atoms with Crippen LogP contribution in [0.2, 0.25) is 0 Å². The predicted molar refractivity (Wildman–Crippen MR) is 93.2 cm³/mol. The Morgan fingerprint density at radius 3 is 2.32 bits per heavy atom. The first-order chi connectivity index (χ1) is 11.5. The maximum atomic E-state index is 12.6. The Hall–Kier alpha value is -1.96. The molecule has 142 valence electrons. The fraction of sp³-hybridized carbons (Fsp3) is 0.765. The van der Waals surface area contributed by atoms with Gasteiger partial charge in [-0.25, -0.2) is 0 Å². The smallest absolute Gasteiger partial charge is 0.287 e. The molecule has 1 aliphatic heterocycles. The van der Waals surface area contributed by atoms with Gasteiger partial charge in [-0.05, 0) is 24.7 Å². The van der Waals surface area contributed by atoms with Crippen LogP contribution in [0.5, 0.6) is 0 Å². The Balaban J connectivity index is 2.86. The molecule has 8 nitrogen and oxygen atoms in total. The van der Waals surface area contributed by atoms with Crippen molar-refractivity contribution in [1.82, 2.24) is 10.2 Å². The molecule has 1 heterocycles. The minimum absolute atomic E-state index is 0.279. The monoisotopic (exact) mass is 354 g/mol. The first-order valence-electron chi connectivity index (χ1n) is 8.70. The van der Waals surface area contributed by atoms with E-state index in [1.165, 1.54) is 4.90 Å². The second-order valence-corrected chi connectivity index (χ2v) is 7.61.